The van der Waals surface area contributed by atoms with Gasteiger partial charge in [-0.05, 0) is 20.8 Å². The molecule has 1 aromatic rings. The highest BCUT2D eigenvalue weighted by Gasteiger charge is 2.25. The highest BCUT2D eigenvalue weighted by molar-refractivity contribution is 5.68. The van der Waals surface area contributed by atoms with Crippen LogP contribution in [0.1, 0.15) is 26.3 Å². The molecule has 0 radical (unpaired) electrons. The molecule has 20 heavy (non-hydrogen) atoms. The Labute approximate surface area is 119 Å². The topological polar surface area (TPSA) is 58.6 Å². The summed E-state index contributed by atoms with van der Waals surface area (Å²) < 4.78 is 5.38. The van der Waals surface area contributed by atoms with E-state index in [1.54, 1.807) is 4.90 Å². The maximum atomic E-state index is 11.9. The fourth-order valence-corrected chi connectivity index (χ4v) is 2.08. The second-order valence-electron chi connectivity index (χ2n) is 5.99. The molecule has 110 valence electrons. The molecule has 1 fully saturated rings. The van der Waals surface area contributed by atoms with Gasteiger partial charge in [0, 0.05) is 50.7 Å². The molecule has 6 nitrogen and oxygen atoms in total. The number of rotatable bonds is 2. The highest BCUT2D eigenvalue weighted by atomic mass is 16.6. The van der Waals surface area contributed by atoms with Gasteiger partial charge in [-0.25, -0.2) is 14.8 Å². The second-order valence-corrected chi connectivity index (χ2v) is 5.99. The van der Waals surface area contributed by atoms with Gasteiger partial charge in [0.05, 0.1) is 0 Å². The van der Waals surface area contributed by atoms with Crippen molar-refractivity contribution in [1.29, 1.82) is 0 Å². The Bertz CT molecular complexity index is 436. The number of nitrogens with zero attached hydrogens (tertiary/aromatic N) is 4. The summed E-state index contributed by atoms with van der Waals surface area (Å²) in [7, 11) is 0. The Morgan fingerprint density at radius 1 is 1.20 bits per heavy atom. The van der Waals surface area contributed by atoms with Gasteiger partial charge >= 0.3 is 6.09 Å². The van der Waals surface area contributed by atoms with Crippen LogP contribution in [-0.2, 0) is 11.3 Å². The summed E-state index contributed by atoms with van der Waals surface area (Å²) >= 11 is 0. The van der Waals surface area contributed by atoms with Crippen LogP contribution in [0.5, 0.6) is 0 Å². The first-order valence-corrected chi connectivity index (χ1v) is 6.88. The molecule has 1 amide bonds. The lowest BCUT2D eigenvalue weighted by Gasteiger charge is -2.35. The SMILES string of the molecule is CC(C)(C)OC(=O)N1CCN(Cc2cncnc2)CC1. The first-order valence-electron chi connectivity index (χ1n) is 6.88. The summed E-state index contributed by atoms with van der Waals surface area (Å²) in [5.41, 5.74) is 0.661. The number of carbonyl (C=O) groups is 1. The van der Waals surface area contributed by atoms with Crippen molar-refractivity contribution in [3.63, 3.8) is 0 Å². The van der Waals surface area contributed by atoms with Crippen LogP contribution in [0.15, 0.2) is 18.7 Å². The van der Waals surface area contributed by atoms with Crippen molar-refractivity contribution >= 4 is 6.09 Å². The third-order valence-electron chi connectivity index (χ3n) is 3.04. The standard InChI is InChI=1S/C14H22N4O2/c1-14(2,3)20-13(19)18-6-4-17(5-7-18)10-12-8-15-11-16-9-12/h8-9,11H,4-7,10H2,1-3H3. The van der Waals surface area contributed by atoms with Crippen molar-refractivity contribution in [3.05, 3.63) is 24.3 Å². The number of ether oxygens (including phenoxy) is 1. The fourth-order valence-electron chi connectivity index (χ4n) is 2.08. The minimum Gasteiger partial charge on any atom is -0.444 e. The van der Waals surface area contributed by atoms with Gasteiger partial charge in [-0.3, -0.25) is 4.90 Å². The molecule has 0 N–H and O–H groups in total. The van der Waals surface area contributed by atoms with Crippen LogP contribution in [0, 0.1) is 0 Å². The molecule has 0 aromatic carbocycles. The Hall–Kier alpha value is -1.69. The summed E-state index contributed by atoms with van der Waals surface area (Å²) in [5, 5.41) is 0. The first-order chi connectivity index (χ1) is 9.44. The van der Waals surface area contributed by atoms with Crippen LogP contribution in [0.2, 0.25) is 0 Å². The van der Waals surface area contributed by atoms with E-state index in [0.717, 1.165) is 25.2 Å². The summed E-state index contributed by atoms with van der Waals surface area (Å²) in [6.07, 6.45) is 4.96. The zero-order valence-electron chi connectivity index (χ0n) is 12.4. The maximum absolute atomic E-state index is 11.9. The number of hydrogen-bond donors (Lipinski definition) is 0. The molecule has 0 bridgehead atoms. The molecule has 2 rings (SSSR count). The molecule has 0 saturated carbocycles. The Morgan fingerprint density at radius 2 is 1.80 bits per heavy atom. The fraction of sp³-hybridized carbons (Fsp3) is 0.643. The smallest absolute Gasteiger partial charge is 0.410 e. The van der Waals surface area contributed by atoms with Crippen molar-refractivity contribution in [2.75, 3.05) is 26.2 Å². The second kappa shape index (κ2) is 6.17. The molecule has 1 saturated heterocycles. The molecule has 0 aliphatic carbocycles. The van der Waals surface area contributed by atoms with Gasteiger partial charge in [-0.2, -0.15) is 0 Å². The average molecular weight is 278 g/mol. The number of aromatic nitrogens is 2. The lowest BCUT2D eigenvalue weighted by molar-refractivity contribution is 0.0139. The van der Waals surface area contributed by atoms with Gasteiger partial charge in [0.1, 0.15) is 11.9 Å². The predicted molar refractivity (Wildman–Crippen MR) is 75.1 cm³/mol. The third-order valence-corrected chi connectivity index (χ3v) is 3.04. The van der Waals surface area contributed by atoms with E-state index >= 15 is 0 Å². The number of hydrogen-bond acceptors (Lipinski definition) is 5. The van der Waals surface area contributed by atoms with E-state index in [0.29, 0.717) is 13.1 Å². The highest BCUT2D eigenvalue weighted by Crippen LogP contribution is 2.12. The van der Waals surface area contributed by atoms with Gasteiger partial charge in [0.25, 0.3) is 0 Å². The number of piperazine rings is 1. The number of amides is 1. The normalized spacial score (nSPS) is 17.1. The third kappa shape index (κ3) is 4.45. The Morgan fingerprint density at radius 3 is 2.35 bits per heavy atom. The van der Waals surface area contributed by atoms with Crippen LogP contribution < -0.4 is 0 Å². The largest absolute Gasteiger partial charge is 0.444 e. The van der Waals surface area contributed by atoms with E-state index in [1.165, 1.54) is 6.33 Å². The van der Waals surface area contributed by atoms with Gasteiger partial charge in [0.2, 0.25) is 0 Å². The summed E-state index contributed by atoms with van der Waals surface area (Å²) in [5.74, 6) is 0. The zero-order chi connectivity index (χ0) is 14.6. The minimum atomic E-state index is -0.435. The van der Waals surface area contributed by atoms with Gasteiger partial charge < -0.3 is 9.64 Å². The molecule has 1 aliphatic heterocycles. The molecule has 6 heteroatoms. The molecule has 0 spiro atoms. The monoisotopic (exact) mass is 278 g/mol. The van der Waals surface area contributed by atoms with E-state index in [4.69, 9.17) is 4.74 Å². The Kier molecular flexibility index (Phi) is 4.54. The minimum absolute atomic E-state index is 0.222. The molecule has 2 heterocycles. The summed E-state index contributed by atoms with van der Waals surface area (Å²) in [6, 6.07) is 0. The maximum Gasteiger partial charge on any atom is 0.410 e. The Balaban J connectivity index is 1.79. The molecule has 0 unspecified atom stereocenters. The molecule has 0 atom stereocenters. The van der Waals surface area contributed by atoms with E-state index < -0.39 is 5.60 Å². The van der Waals surface area contributed by atoms with Gasteiger partial charge in [-0.15, -0.1) is 0 Å². The van der Waals surface area contributed by atoms with Gasteiger partial charge in [-0.1, -0.05) is 0 Å². The van der Waals surface area contributed by atoms with E-state index in [2.05, 4.69) is 14.9 Å². The van der Waals surface area contributed by atoms with Crippen LogP contribution in [0.4, 0.5) is 4.79 Å². The average Bonchev–Trinajstić information content (AvgIpc) is 2.39. The van der Waals surface area contributed by atoms with Crippen molar-refractivity contribution in [3.8, 4) is 0 Å². The van der Waals surface area contributed by atoms with Crippen LogP contribution in [-0.4, -0.2) is 57.6 Å². The van der Waals surface area contributed by atoms with Crippen molar-refractivity contribution in [2.24, 2.45) is 0 Å². The van der Waals surface area contributed by atoms with Crippen LogP contribution in [0.3, 0.4) is 0 Å². The lowest BCUT2D eigenvalue weighted by atomic mass is 10.2. The summed E-state index contributed by atoms with van der Waals surface area (Å²) in [4.78, 5) is 24.0. The van der Waals surface area contributed by atoms with Crippen LogP contribution in [0.25, 0.3) is 0 Å². The quantitative estimate of drug-likeness (QED) is 0.821. The molecule has 1 aromatic heterocycles. The van der Waals surface area contributed by atoms with Crippen molar-refractivity contribution in [1.82, 2.24) is 19.8 Å². The summed E-state index contributed by atoms with van der Waals surface area (Å²) in [6.45, 7) is 9.56. The van der Waals surface area contributed by atoms with Gasteiger partial charge in [0.15, 0.2) is 0 Å². The van der Waals surface area contributed by atoms with Crippen LogP contribution >= 0.6 is 0 Å². The number of carbonyl (C=O) groups excluding carboxylic acids is 1. The zero-order valence-corrected chi connectivity index (χ0v) is 12.4. The van der Waals surface area contributed by atoms with E-state index in [9.17, 15) is 4.79 Å². The lowest BCUT2D eigenvalue weighted by Crippen LogP contribution is -2.49. The van der Waals surface area contributed by atoms with E-state index in [1.807, 2.05) is 33.2 Å². The van der Waals surface area contributed by atoms with Crippen molar-refractivity contribution in [2.45, 2.75) is 32.9 Å². The van der Waals surface area contributed by atoms with Crippen molar-refractivity contribution < 1.29 is 9.53 Å². The molecular formula is C14H22N4O2. The molecule has 1 aliphatic rings. The first kappa shape index (κ1) is 14.7. The van der Waals surface area contributed by atoms with E-state index in [-0.39, 0.29) is 6.09 Å². The predicted octanol–water partition coefficient (Wildman–Crippen LogP) is 1.53. The molecular weight excluding hydrogens is 256 g/mol.